The second-order valence-electron chi connectivity index (χ2n) is 4.30. The van der Waals surface area contributed by atoms with Gasteiger partial charge in [-0.15, -0.1) is 12.4 Å². The summed E-state index contributed by atoms with van der Waals surface area (Å²) >= 11 is 0. The predicted octanol–water partition coefficient (Wildman–Crippen LogP) is 3.42. The molecule has 3 nitrogen and oxygen atoms in total. The van der Waals surface area contributed by atoms with Gasteiger partial charge in [-0.1, -0.05) is 24.3 Å². The molecule has 0 radical (unpaired) electrons. The van der Waals surface area contributed by atoms with E-state index in [1.165, 1.54) is 11.1 Å². The monoisotopic (exact) mass is 293 g/mol. The molecule has 4 heteroatoms. The van der Waals surface area contributed by atoms with E-state index in [1.807, 2.05) is 30.3 Å². The molecule has 0 saturated heterocycles. The highest BCUT2D eigenvalue weighted by atomic mass is 35.5. The van der Waals surface area contributed by atoms with Gasteiger partial charge in [-0.2, -0.15) is 0 Å². The third kappa shape index (κ3) is 4.76. The van der Waals surface area contributed by atoms with Crippen molar-refractivity contribution in [3.05, 3.63) is 59.7 Å². The van der Waals surface area contributed by atoms with Gasteiger partial charge in [0.05, 0.1) is 14.2 Å². The van der Waals surface area contributed by atoms with Crippen molar-refractivity contribution in [3.63, 3.8) is 0 Å². The van der Waals surface area contributed by atoms with Gasteiger partial charge in [0.15, 0.2) is 0 Å². The molecule has 2 rings (SSSR count). The molecule has 0 saturated carbocycles. The molecule has 0 aliphatic heterocycles. The van der Waals surface area contributed by atoms with E-state index in [0.29, 0.717) is 0 Å². The lowest BCUT2D eigenvalue weighted by atomic mass is 10.2. The number of methoxy groups -OCH3 is 2. The molecule has 2 aromatic carbocycles. The Bertz CT molecular complexity index is 514. The lowest BCUT2D eigenvalue weighted by Crippen LogP contribution is -2.12. The summed E-state index contributed by atoms with van der Waals surface area (Å²) in [4.78, 5) is 0. The molecule has 0 atom stereocenters. The Morgan fingerprint density at radius 1 is 0.800 bits per heavy atom. The van der Waals surface area contributed by atoms with Crippen LogP contribution in [0.25, 0.3) is 0 Å². The molecule has 0 unspecified atom stereocenters. The van der Waals surface area contributed by atoms with Gasteiger partial charge in [-0.3, -0.25) is 0 Å². The van der Waals surface area contributed by atoms with Crippen LogP contribution in [0.2, 0.25) is 0 Å². The fourth-order valence-corrected chi connectivity index (χ4v) is 1.88. The van der Waals surface area contributed by atoms with Crippen molar-refractivity contribution in [1.29, 1.82) is 0 Å². The molecule has 0 spiro atoms. The van der Waals surface area contributed by atoms with E-state index in [9.17, 15) is 0 Å². The van der Waals surface area contributed by atoms with Gasteiger partial charge in [0.1, 0.15) is 11.5 Å². The Hall–Kier alpha value is -1.71. The van der Waals surface area contributed by atoms with Crippen molar-refractivity contribution >= 4 is 12.4 Å². The topological polar surface area (TPSA) is 30.5 Å². The van der Waals surface area contributed by atoms with E-state index < -0.39 is 0 Å². The van der Waals surface area contributed by atoms with Crippen molar-refractivity contribution < 1.29 is 9.47 Å². The van der Waals surface area contributed by atoms with E-state index in [1.54, 1.807) is 14.2 Å². The Balaban J connectivity index is 0.00000200. The van der Waals surface area contributed by atoms with E-state index in [4.69, 9.17) is 9.47 Å². The minimum atomic E-state index is 0. The van der Waals surface area contributed by atoms with E-state index >= 15 is 0 Å². The fraction of sp³-hybridized carbons (Fsp3) is 0.250. The lowest BCUT2D eigenvalue weighted by Gasteiger charge is -2.07. The Morgan fingerprint density at radius 2 is 1.45 bits per heavy atom. The Morgan fingerprint density at radius 3 is 2.10 bits per heavy atom. The number of rotatable bonds is 6. The second-order valence-corrected chi connectivity index (χ2v) is 4.30. The highest BCUT2D eigenvalue weighted by molar-refractivity contribution is 5.85. The van der Waals surface area contributed by atoms with Crippen LogP contribution in [0.1, 0.15) is 11.1 Å². The molecule has 0 aliphatic carbocycles. The maximum atomic E-state index is 5.20. The first-order valence-electron chi connectivity index (χ1n) is 6.28. The van der Waals surface area contributed by atoms with Crippen LogP contribution in [-0.2, 0) is 13.1 Å². The molecular formula is C16H20ClNO2. The first-order chi connectivity index (χ1) is 9.31. The number of hydrogen-bond donors (Lipinski definition) is 1. The SMILES string of the molecule is COc1ccc(CNCc2cccc(OC)c2)cc1.Cl. The molecule has 0 heterocycles. The van der Waals surface area contributed by atoms with Crippen LogP contribution in [0.4, 0.5) is 0 Å². The van der Waals surface area contributed by atoms with Crippen molar-refractivity contribution in [2.75, 3.05) is 14.2 Å². The molecule has 1 N–H and O–H groups in total. The lowest BCUT2D eigenvalue weighted by molar-refractivity contribution is 0.414. The molecule has 20 heavy (non-hydrogen) atoms. The van der Waals surface area contributed by atoms with Gasteiger partial charge in [0.2, 0.25) is 0 Å². The van der Waals surface area contributed by atoms with Gasteiger partial charge in [0.25, 0.3) is 0 Å². The molecule has 2 aromatic rings. The number of ether oxygens (including phenoxy) is 2. The summed E-state index contributed by atoms with van der Waals surface area (Å²) in [6, 6.07) is 16.2. The molecular weight excluding hydrogens is 274 g/mol. The first-order valence-corrected chi connectivity index (χ1v) is 6.28. The Labute approximate surface area is 126 Å². The molecule has 0 bridgehead atoms. The van der Waals surface area contributed by atoms with Crippen molar-refractivity contribution in [2.24, 2.45) is 0 Å². The maximum Gasteiger partial charge on any atom is 0.119 e. The van der Waals surface area contributed by atoms with Crippen molar-refractivity contribution in [1.82, 2.24) is 5.32 Å². The number of halogens is 1. The zero-order chi connectivity index (χ0) is 13.5. The average molecular weight is 294 g/mol. The summed E-state index contributed by atoms with van der Waals surface area (Å²) in [7, 11) is 3.36. The molecule has 0 fully saturated rings. The van der Waals surface area contributed by atoms with Crippen LogP contribution >= 0.6 is 12.4 Å². The predicted molar refractivity (Wildman–Crippen MR) is 83.8 cm³/mol. The molecule has 0 aromatic heterocycles. The minimum Gasteiger partial charge on any atom is -0.497 e. The van der Waals surface area contributed by atoms with Gasteiger partial charge >= 0.3 is 0 Å². The highest BCUT2D eigenvalue weighted by Gasteiger charge is 1.97. The van der Waals surface area contributed by atoms with Crippen LogP contribution in [-0.4, -0.2) is 14.2 Å². The molecule has 0 aliphatic rings. The van der Waals surface area contributed by atoms with Crippen LogP contribution in [0.15, 0.2) is 48.5 Å². The minimum absolute atomic E-state index is 0. The summed E-state index contributed by atoms with van der Waals surface area (Å²) in [6.45, 7) is 1.66. The number of hydrogen-bond acceptors (Lipinski definition) is 3. The third-order valence-corrected chi connectivity index (χ3v) is 2.95. The molecule has 0 amide bonds. The second kappa shape index (κ2) is 8.46. The van der Waals surface area contributed by atoms with E-state index in [2.05, 4.69) is 23.5 Å². The molecule has 108 valence electrons. The number of benzene rings is 2. The van der Waals surface area contributed by atoms with Crippen LogP contribution in [0.5, 0.6) is 11.5 Å². The summed E-state index contributed by atoms with van der Waals surface area (Å²) in [6.07, 6.45) is 0. The fourth-order valence-electron chi connectivity index (χ4n) is 1.88. The van der Waals surface area contributed by atoms with Gasteiger partial charge in [0, 0.05) is 13.1 Å². The summed E-state index contributed by atoms with van der Waals surface area (Å²) in [5.41, 5.74) is 2.46. The standard InChI is InChI=1S/C16H19NO2.ClH/c1-18-15-8-6-13(7-9-15)11-17-12-14-4-3-5-16(10-14)19-2;/h3-10,17H,11-12H2,1-2H3;1H. The van der Waals surface area contributed by atoms with Crippen LogP contribution in [0.3, 0.4) is 0 Å². The third-order valence-electron chi connectivity index (χ3n) is 2.95. The Kier molecular flexibility index (Phi) is 6.91. The van der Waals surface area contributed by atoms with E-state index in [0.717, 1.165) is 24.6 Å². The summed E-state index contributed by atoms with van der Waals surface area (Å²) in [5.74, 6) is 1.78. The normalized spacial score (nSPS) is 9.70. The van der Waals surface area contributed by atoms with Crippen LogP contribution in [0, 0.1) is 0 Å². The quantitative estimate of drug-likeness (QED) is 0.885. The summed E-state index contributed by atoms with van der Waals surface area (Å²) in [5, 5.41) is 3.41. The van der Waals surface area contributed by atoms with Gasteiger partial charge in [-0.05, 0) is 35.4 Å². The van der Waals surface area contributed by atoms with Crippen LogP contribution < -0.4 is 14.8 Å². The van der Waals surface area contributed by atoms with Gasteiger partial charge < -0.3 is 14.8 Å². The smallest absolute Gasteiger partial charge is 0.119 e. The number of nitrogens with one attached hydrogen (secondary N) is 1. The zero-order valence-corrected chi connectivity index (χ0v) is 12.6. The highest BCUT2D eigenvalue weighted by Crippen LogP contribution is 2.13. The summed E-state index contributed by atoms with van der Waals surface area (Å²) < 4.78 is 10.3. The zero-order valence-electron chi connectivity index (χ0n) is 11.8. The largest absolute Gasteiger partial charge is 0.497 e. The van der Waals surface area contributed by atoms with Gasteiger partial charge in [-0.25, -0.2) is 0 Å². The van der Waals surface area contributed by atoms with E-state index in [-0.39, 0.29) is 12.4 Å². The first kappa shape index (κ1) is 16.3. The van der Waals surface area contributed by atoms with Crippen molar-refractivity contribution in [3.8, 4) is 11.5 Å². The maximum absolute atomic E-state index is 5.20. The average Bonchev–Trinajstić information content (AvgIpc) is 2.48. The van der Waals surface area contributed by atoms with Crippen molar-refractivity contribution in [2.45, 2.75) is 13.1 Å².